The molecule has 0 aliphatic heterocycles. The average molecular weight is 209 g/mol. The molecule has 0 fully saturated rings. The van der Waals surface area contributed by atoms with Crippen LogP contribution in [0.3, 0.4) is 0 Å². The summed E-state index contributed by atoms with van der Waals surface area (Å²) < 4.78 is 1.22. The van der Waals surface area contributed by atoms with Crippen LogP contribution in [0.4, 0.5) is 0 Å². The smallest absolute Gasteiger partial charge is 0.328 e. The number of carboxylic acid groups (broad SMARTS) is 1. The molecule has 2 N–H and O–H groups in total. The molecule has 2 heterocycles. The van der Waals surface area contributed by atoms with E-state index in [9.17, 15) is 4.79 Å². The van der Waals surface area contributed by atoms with Gasteiger partial charge in [-0.15, -0.1) is 15.3 Å². The first-order valence-electron chi connectivity index (χ1n) is 4.06. The lowest BCUT2D eigenvalue weighted by Gasteiger charge is -2.03. The molecule has 0 aliphatic rings. The second-order valence-electron chi connectivity index (χ2n) is 2.80. The molecule has 0 unspecified atom stereocenters. The third-order valence-electron chi connectivity index (χ3n) is 1.81. The Bertz CT molecular complexity index is 462. The van der Waals surface area contributed by atoms with Crippen molar-refractivity contribution in [2.24, 2.45) is 0 Å². The van der Waals surface area contributed by atoms with Gasteiger partial charge in [0.1, 0.15) is 12.4 Å². The number of hydrogen-bond acceptors (Lipinski definition) is 6. The summed E-state index contributed by atoms with van der Waals surface area (Å²) in [5, 5.41) is 25.6. The van der Waals surface area contributed by atoms with Gasteiger partial charge in [-0.25, -0.2) is 14.5 Å². The lowest BCUT2D eigenvalue weighted by Crippen LogP contribution is -2.15. The minimum absolute atomic E-state index is 0.228. The fourth-order valence-electron chi connectivity index (χ4n) is 0.934. The van der Waals surface area contributed by atoms with Crippen LogP contribution in [0.1, 0.15) is 13.0 Å². The molecule has 2 aromatic rings. The normalized spacial score (nSPS) is 12.6. The Balaban J connectivity index is 2.28. The minimum Gasteiger partial charge on any atom is -0.480 e. The lowest BCUT2D eigenvalue weighted by atomic mass is 10.4. The molecule has 0 amide bonds. The number of nitrogens with zero attached hydrogens (tertiary/aromatic N) is 6. The largest absolute Gasteiger partial charge is 0.480 e. The van der Waals surface area contributed by atoms with Gasteiger partial charge in [0.05, 0.1) is 0 Å². The van der Waals surface area contributed by atoms with E-state index in [4.69, 9.17) is 5.11 Å². The fourth-order valence-corrected chi connectivity index (χ4v) is 0.934. The SMILES string of the molecule is C[C@@H](C(=O)O)n1cnc(-c2nn[nH]n2)n1. The maximum atomic E-state index is 10.7. The maximum Gasteiger partial charge on any atom is 0.328 e. The Morgan fingerprint density at radius 3 is 3.00 bits per heavy atom. The van der Waals surface area contributed by atoms with Crippen molar-refractivity contribution in [3.05, 3.63) is 6.33 Å². The van der Waals surface area contributed by atoms with Crippen molar-refractivity contribution < 1.29 is 9.90 Å². The standard InChI is InChI=1S/C6H7N7O2/c1-3(6(14)15)13-2-7-4(10-13)5-8-11-12-9-5/h2-3H,1H3,(H,14,15)(H,8,9,11,12)/t3-/m0/s1. The number of carbonyl (C=O) groups is 1. The van der Waals surface area contributed by atoms with E-state index in [0.717, 1.165) is 0 Å². The zero-order chi connectivity index (χ0) is 10.8. The zero-order valence-electron chi connectivity index (χ0n) is 7.69. The first-order chi connectivity index (χ1) is 7.18. The molecule has 0 bridgehead atoms. The number of carboxylic acids is 1. The van der Waals surface area contributed by atoms with Gasteiger partial charge in [-0.1, -0.05) is 0 Å². The average Bonchev–Trinajstić information content (AvgIpc) is 2.86. The van der Waals surface area contributed by atoms with E-state index in [-0.39, 0.29) is 11.6 Å². The molecule has 0 saturated carbocycles. The summed E-state index contributed by atoms with van der Waals surface area (Å²) in [6, 6.07) is -0.779. The minimum atomic E-state index is -0.987. The number of hydrogen-bond donors (Lipinski definition) is 2. The summed E-state index contributed by atoms with van der Waals surface area (Å²) in [5.74, 6) is -0.525. The summed E-state index contributed by atoms with van der Waals surface area (Å²) in [5.41, 5.74) is 0. The molecule has 9 heteroatoms. The van der Waals surface area contributed by atoms with Crippen molar-refractivity contribution in [3.8, 4) is 11.6 Å². The molecule has 0 radical (unpaired) electrons. The molecule has 0 aliphatic carbocycles. The zero-order valence-corrected chi connectivity index (χ0v) is 7.69. The number of tetrazole rings is 1. The quantitative estimate of drug-likeness (QED) is 0.671. The van der Waals surface area contributed by atoms with E-state index in [2.05, 4.69) is 30.7 Å². The topological polar surface area (TPSA) is 122 Å². The van der Waals surface area contributed by atoms with Crippen LogP contribution in [-0.4, -0.2) is 46.5 Å². The Morgan fingerprint density at radius 1 is 1.60 bits per heavy atom. The first-order valence-corrected chi connectivity index (χ1v) is 4.06. The Morgan fingerprint density at radius 2 is 2.40 bits per heavy atom. The number of aromatic amines is 1. The van der Waals surface area contributed by atoms with Crippen molar-refractivity contribution >= 4 is 5.97 Å². The van der Waals surface area contributed by atoms with Crippen molar-refractivity contribution in [1.29, 1.82) is 0 Å². The Kier molecular flexibility index (Phi) is 2.12. The van der Waals surface area contributed by atoms with Gasteiger partial charge in [-0.05, 0) is 12.1 Å². The summed E-state index contributed by atoms with van der Waals surface area (Å²) in [7, 11) is 0. The molecule has 0 saturated heterocycles. The predicted molar refractivity (Wildman–Crippen MR) is 45.5 cm³/mol. The Labute approximate surface area is 83.1 Å². The number of aromatic nitrogens is 7. The van der Waals surface area contributed by atoms with Crippen molar-refractivity contribution in [2.75, 3.05) is 0 Å². The molecular weight excluding hydrogens is 202 g/mol. The van der Waals surface area contributed by atoms with E-state index in [1.165, 1.54) is 17.9 Å². The molecule has 0 spiro atoms. The predicted octanol–water partition coefficient (Wildman–Crippen LogP) is -0.896. The molecule has 1 atom stereocenters. The number of H-pyrrole nitrogens is 1. The van der Waals surface area contributed by atoms with E-state index in [0.29, 0.717) is 0 Å². The van der Waals surface area contributed by atoms with Crippen LogP contribution in [0.25, 0.3) is 11.6 Å². The van der Waals surface area contributed by atoms with Gasteiger partial charge in [-0.2, -0.15) is 5.21 Å². The highest BCUT2D eigenvalue weighted by molar-refractivity contribution is 5.71. The molecule has 15 heavy (non-hydrogen) atoms. The number of aliphatic carboxylic acids is 1. The molecular formula is C6H7N7O2. The summed E-state index contributed by atoms with van der Waals surface area (Å²) >= 11 is 0. The summed E-state index contributed by atoms with van der Waals surface area (Å²) in [6.45, 7) is 1.50. The lowest BCUT2D eigenvalue weighted by molar-refractivity contribution is -0.140. The van der Waals surface area contributed by atoms with Crippen LogP contribution in [0, 0.1) is 0 Å². The van der Waals surface area contributed by atoms with Gasteiger partial charge >= 0.3 is 5.97 Å². The first kappa shape index (κ1) is 9.24. The van der Waals surface area contributed by atoms with Crippen LogP contribution >= 0.6 is 0 Å². The highest BCUT2D eigenvalue weighted by Crippen LogP contribution is 2.08. The Hall–Kier alpha value is -2.32. The third kappa shape index (κ3) is 1.66. The highest BCUT2D eigenvalue weighted by Gasteiger charge is 2.16. The maximum absolute atomic E-state index is 10.7. The molecule has 9 nitrogen and oxygen atoms in total. The number of rotatable bonds is 3. The van der Waals surface area contributed by atoms with Crippen LogP contribution in [0.2, 0.25) is 0 Å². The van der Waals surface area contributed by atoms with Crippen LogP contribution in [0.15, 0.2) is 6.33 Å². The monoisotopic (exact) mass is 209 g/mol. The van der Waals surface area contributed by atoms with E-state index in [1.54, 1.807) is 0 Å². The molecule has 78 valence electrons. The van der Waals surface area contributed by atoms with E-state index >= 15 is 0 Å². The molecule has 0 aromatic carbocycles. The second-order valence-corrected chi connectivity index (χ2v) is 2.80. The summed E-state index contributed by atoms with van der Waals surface area (Å²) in [4.78, 5) is 14.5. The van der Waals surface area contributed by atoms with Gasteiger partial charge < -0.3 is 5.11 Å². The van der Waals surface area contributed by atoms with Gasteiger partial charge in [0.15, 0.2) is 0 Å². The third-order valence-corrected chi connectivity index (χ3v) is 1.81. The summed E-state index contributed by atoms with van der Waals surface area (Å²) in [6.07, 6.45) is 1.31. The number of nitrogens with one attached hydrogen (secondary N) is 1. The van der Waals surface area contributed by atoms with Gasteiger partial charge in [-0.3, -0.25) is 0 Å². The highest BCUT2D eigenvalue weighted by atomic mass is 16.4. The van der Waals surface area contributed by atoms with E-state index < -0.39 is 12.0 Å². The van der Waals surface area contributed by atoms with Gasteiger partial charge in [0, 0.05) is 0 Å². The van der Waals surface area contributed by atoms with Crippen molar-refractivity contribution in [1.82, 2.24) is 35.4 Å². The van der Waals surface area contributed by atoms with Crippen molar-refractivity contribution in [2.45, 2.75) is 13.0 Å². The van der Waals surface area contributed by atoms with Gasteiger partial charge in [0.2, 0.25) is 11.6 Å². The van der Waals surface area contributed by atoms with E-state index in [1.807, 2.05) is 0 Å². The second kappa shape index (κ2) is 3.44. The van der Waals surface area contributed by atoms with Crippen molar-refractivity contribution in [3.63, 3.8) is 0 Å². The van der Waals surface area contributed by atoms with Gasteiger partial charge in [0.25, 0.3) is 0 Å². The molecule has 2 aromatic heterocycles. The van der Waals surface area contributed by atoms with Crippen LogP contribution in [-0.2, 0) is 4.79 Å². The molecule has 2 rings (SSSR count). The van der Waals surface area contributed by atoms with Crippen LogP contribution in [0.5, 0.6) is 0 Å². The van der Waals surface area contributed by atoms with Crippen LogP contribution < -0.4 is 0 Å². The fraction of sp³-hybridized carbons (Fsp3) is 0.333.